The lowest BCUT2D eigenvalue weighted by molar-refractivity contribution is 0.420. The molecule has 0 N–H and O–H groups in total. The van der Waals surface area contributed by atoms with Crippen molar-refractivity contribution < 1.29 is 4.74 Å². The Hall–Kier alpha value is -1.29. The predicted molar refractivity (Wildman–Crippen MR) is 84.6 cm³/mol. The van der Waals surface area contributed by atoms with Crippen molar-refractivity contribution in [3.05, 3.63) is 30.5 Å². The SMILES string of the molecule is COc1cccc2c(N(CCBr)C(C)C)nccc12. The third-order valence-corrected chi connectivity index (χ3v) is 3.54. The summed E-state index contributed by atoms with van der Waals surface area (Å²) in [6.45, 7) is 5.30. The van der Waals surface area contributed by atoms with Crippen LogP contribution in [0.4, 0.5) is 5.82 Å². The molecule has 0 amide bonds. The minimum absolute atomic E-state index is 0.404. The first-order valence-corrected chi connectivity index (χ1v) is 7.55. The van der Waals surface area contributed by atoms with Gasteiger partial charge in [-0.05, 0) is 26.0 Å². The molecule has 1 aromatic heterocycles. The number of alkyl halides is 1. The van der Waals surface area contributed by atoms with E-state index in [2.05, 4.69) is 45.7 Å². The van der Waals surface area contributed by atoms with Crippen molar-refractivity contribution in [2.45, 2.75) is 19.9 Å². The number of methoxy groups -OCH3 is 1. The maximum atomic E-state index is 5.43. The van der Waals surface area contributed by atoms with Crippen LogP contribution in [-0.2, 0) is 0 Å². The van der Waals surface area contributed by atoms with Crippen molar-refractivity contribution in [3.63, 3.8) is 0 Å². The molecule has 0 spiro atoms. The Morgan fingerprint density at radius 3 is 2.68 bits per heavy atom. The molecule has 0 saturated carbocycles. The third-order valence-electron chi connectivity index (χ3n) is 3.19. The minimum Gasteiger partial charge on any atom is -0.496 e. The maximum absolute atomic E-state index is 5.43. The van der Waals surface area contributed by atoms with E-state index in [1.807, 2.05) is 24.4 Å². The molecule has 0 radical (unpaired) electrons. The molecule has 0 aliphatic carbocycles. The highest BCUT2D eigenvalue weighted by molar-refractivity contribution is 9.09. The zero-order valence-electron chi connectivity index (χ0n) is 11.6. The smallest absolute Gasteiger partial charge is 0.136 e. The second-order valence-corrected chi connectivity index (χ2v) is 5.46. The lowest BCUT2D eigenvalue weighted by Crippen LogP contribution is -2.33. The minimum atomic E-state index is 0.404. The average molecular weight is 323 g/mol. The molecule has 0 fully saturated rings. The number of aromatic nitrogens is 1. The summed E-state index contributed by atoms with van der Waals surface area (Å²) in [6.07, 6.45) is 1.85. The van der Waals surface area contributed by atoms with Crippen molar-refractivity contribution in [2.75, 3.05) is 23.9 Å². The molecular weight excluding hydrogens is 304 g/mol. The number of ether oxygens (including phenoxy) is 1. The number of anilines is 1. The summed E-state index contributed by atoms with van der Waals surface area (Å²) >= 11 is 3.51. The first kappa shape index (κ1) is 14.1. The lowest BCUT2D eigenvalue weighted by atomic mass is 10.1. The number of halogens is 1. The Morgan fingerprint density at radius 2 is 2.05 bits per heavy atom. The Kier molecular flexibility index (Phi) is 4.64. The molecule has 1 heterocycles. The van der Waals surface area contributed by atoms with Gasteiger partial charge in [0.2, 0.25) is 0 Å². The molecule has 2 aromatic rings. The topological polar surface area (TPSA) is 25.4 Å². The van der Waals surface area contributed by atoms with Crippen molar-refractivity contribution >= 4 is 32.5 Å². The van der Waals surface area contributed by atoms with E-state index in [4.69, 9.17) is 4.74 Å². The van der Waals surface area contributed by atoms with E-state index in [9.17, 15) is 0 Å². The van der Waals surface area contributed by atoms with Gasteiger partial charge in [0, 0.05) is 34.9 Å². The van der Waals surface area contributed by atoms with Gasteiger partial charge in [0.1, 0.15) is 11.6 Å². The van der Waals surface area contributed by atoms with Crippen LogP contribution in [0.5, 0.6) is 5.75 Å². The van der Waals surface area contributed by atoms with Crippen LogP contribution in [0.3, 0.4) is 0 Å². The largest absolute Gasteiger partial charge is 0.496 e. The van der Waals surface area contributed by atoms with E-state index in [1.165, 1.54) is 0 Å². The van der Waals surface area contributed by atoms with Crippen LogP contribution < -0.4 is 9.64 Å². The van der Waals surface area contributed by atoms with Gasteiger partial charge in [0.05, 0.1) is 7.11 Å². The van der Waals surface area contributed by atoms with Crippen LogP contribution in [0.25, 0.3) is 10.8 Å². The van der Waals surface area contributed by atoms with Gasteiger partial charge in [0.25, 0.3) is 0 Å². The molecule has 102 valence electrons. The second kappa shape index (κ2) is 6.24. The fraction of sp³-hybridized carbons (Fsp3) is 0.400. The Balaban J connectivity index is 2.60. The third kappa shape index (κ3) is 2.84. The first-order valence-electron chi connectivity index (χ1n) is 6.43. The maximum Gasteiger partial charge on any atom is 0.136 e. The summed E-state index contributed by atoms with van der Waals surface area (Å²) < 4.78 is 5.43. The standard InChI is InChI=1S/C15H19BrN2O/c1-11(2)18(10-8-16)15-13-5-4-6-14(19-3)12(13)7-9-17-15/h4-7,9,11H,8,10H2,1-3H3. The van der Waals surface area contributed by atoms with Crippen LogP contribution in [0.15, 0.2) is 30.5 Å². The Morgan fingerprint density at radius 1 is 1.26 bits per heavy atom. The number of hydrogen-bond acceptors (Lipinski definition) is 3. The van der Waals surface area contributed by atoms with Gasteiger partial charge in [-0.25, -0.2) is 4.98 Å². The molecule has 3 nitrogen and oxygen atoms in total. The van der Waals surface area contributed by atoms with Crippen LogP contribution in [0, 0.1) is 0 Å². The van der Waals surface area contributed by atoms with E-state index >= 15 is 0 Å². The van der Waals surface area contributed by atoms with Crippen LogP contribution in [-0.4, -0.2) is 30.0 Å². The normalized spacial score (nSPS) is 11.0. The Bertz CT molecular complexity index is 557. The molecule has 0 bridgehead atoms. The predicted octanol–water partition coefficient (Wildman–Crippen LogP) is 3.85. The molecule has 19 heavy (non-hydrogen) atoms. The van der Waals surface area contributed by atoms with Crippen molar-refractivity contribution in [1.29, 1.82) is 0 Å². The number of hydrogen-bond donors (Lipinski definition) is 0. The molecule has 1 aromatic carbocycles. The van der Waals surface area contributed by atoms with Gasteiger partial charge >= 0.3 is 0 Å². The highest BCUT2D eigenvalue weighted by Gasteiger charge is 2.15. The van der Waals surface area contributed by atoms with E-state index in [0.717, 1.165) is 34.2 Å². The van der Waals surface area contributed by atoms with E-state index in [-0.39, 0.29) is 0 Å². The lowest BCUT2D eigenvalue weighted by Gasteiger charge is -2.28. The molecule has 0 aliphatic rings. The van der Waals surface area contributed by atoms with Gasteiger partial charge in [-0.1, -0.05) is 28.1 Å². The summed E-state index contributed by atoms with van der Waals surface area (Å²) in [7, 11) is 1.70. The van der Waals surface area contributed by atoms with Gasteiger partial charge in [0.15, 0.2) is 0 Å². The average Bonchev–Trinajstić information content (AvgIpc) is 2.43. The number of pyridine rings is 1. The first-order chi connectivity index (χ1) is 9.19. The summed E-state index contributed by atoms with van der Waals surface area (Å²) in [4.78, 5) is 6.87. The molecule has 0 saturated heterocycles. The zero-order chi connectivity index (χ0) is 13.8. The summed E-state index contributed by atoms with van der Waals surface area (Å²) in [5.74, 6) is 1.91. The zero-order valence-corrected chi connectivity index (χ0v) is 13.1. The molecule has 0 aliphatic heterocycles. The van der Waals surface area contributed by atoms with Crippen molar-refractivity contribution in [2.24, 2.45) is 0 Å². The van der Waals surface area contributed by atoms with E-state index in [1.54, 1.807) is 7.11 Å². The van der Waals surface area contributed by atoms with Gasteiger partial charge in [-0.3, -0.25) is 0 Å². The number of rotatable bonds is 5. The summed E-state index contributed by atoms with van der Waals surface area (Å²) in [5, 5.41) is 3.17. The molecule has 0 unspecified atom stereocenters. The fourth-order valence-corrected chi connectivity index (χ4v) is 2.65. The Labute approximate surface area is 122 Å². The molecule has 4 heteroatoms. The molecule has 2 rings (SSSR count). The summed E-state index contributed by atoms with van der Waals surface area (Å²) in [6, 6.07) is 8.51. The van der Waals surface area contributed by atoms with Crippen LogP contribution >= 0.6 is 15.9 Å². The number of fused-ring (bicyclic) bond motifs is 1. The molecular formula is C15H19BrN2O. The fourth-order valence-electron chi connectivity index (χ4n) is 2.27. The van der Waals surface area contributed by atoms with Crippen LogP contribution in [0.1, 0.15) is 13.8 Å². The summed E-state index contributed by atoms with van der Waals surface area (Å²) in [5.41, 5.74) is 0. The van der Waals surface area contributed by atoms with Crippen molar-refractivity contribution in [1.82, 2.24) is 4.98 Å². The highest BCUT2D eigenvalue weighted by atomic mass is 79.9. The van der Waals surface area contributed by atoms with Gasteiger partial charge in [-0.2, -0.15) is 0 Å². The quantitative estimate of drug-likeness (QED) is 0.782. The van der Waals surface area contributed by atoms with E-state index < -0.39 is 0 Å². The van der Waals surface area contributed by atoms with Crippen LogP contribution in [0.2, 0.25) is 0 Å². The van der Waals surface area contributed by atoms with Crippen molar-refractivity contribution in [3.8, 4) is 5.75 Å². The monoisotopic (exact) mass is 322 g/mol. The number of nitrogens with zero attached hydrogens (tertiary/aromatic N) is 2. The molecule has 0 atom stereocenters. The van der Waals surface area contributed by atoms with E-state index in [0.29, 0.717) is 6.04 Å². The second-order valence-electron chi connectivity index (χ2n) is 4.67. The highest BCUT2D eigenvalue weighted by Crippen LogP contribution is 2.31. The van der Waals surface area contributed by atoms with Gasteiger partial charge < -0.3 is 9.64 Å². The van der Waals surface area contributed by atoms with Gasteiger partial charge in [-0.15, -0.1) is 0 Å². The number of benzene rings is 1.